The first-order chi connectivity index (χ1) is 10.7. The number of likely N-dealkylation sites (tertiary alicyclic amines) is 1. The average molecular weight is 307 g/mol. The van der Waals surface area contributed by atoms with Gasteiger partial charge in [0.25, 0.3) is 0 Å². The van der Waals surface area contributed by atoms with E-state index < -0.39 is 0 Å². The number of esters is 1. The molecular formula is C17H25NO4. The monoisotopic (exact) mass is 307 g/mol. The molecule has 0 amide bonds. The average Bonchev–Trinajstić information content (AvgIpc) is 2.56. The van der Waals surface area contributed by atoms with Gasteiger partial charge in [-0.1, -0.05) is 12.5 Å². The molecular weight excluding hydrogens is 282 g/mol. The number of benzene rings is 1. The first kappa shape index (κ1) is 16.6. The fourth-order valence-electron chi connectivity index (χ4n) is 2.65. The Labute approximate surface area is 132 Å². The third-order valence-corrected chi connectivity index (χ3v) is 3.92. The minimum Gasteiger partial charge on any atom is -0.493 e. The zero-order valence-corrected chi connectivity index (χ0v) is 13.5. The summed E-state index contributed by atoms with van der Waals surface area (Å²) in [7, 11) is 3.01. The van der Waals surface area contributed by atoms with E-state index >= 15 is 0 Å². The van der Waals surface area contributed by atoms with Crippen LogP contribution in [0.15, 0.2) is 18.2 Å². The summed E-state index contributed by atoms with van der Waals surface area (Å²) < 4.78 is 15.9. The van der Waals surface area contributed by atoms with Crippen molar-refractivity contribution in [2.24, 2.45) is 0 Å². The maximum atomic E-state index is 11.4. The van der Waals surface area contributed by atoms with Gasteiger partial charge in [-0.25, -0.2) is 0 Å². The SMILES string of the molecule is COC(=O)Cc1ccc(OC)c(OCCN2CCCCC2)c1. The fourth-order valence-corrected chi connectivity index (χ4v) is 2.65. The van der Waals surface area contributed by atoms with Gasteiger partial charge in [-0.15, -0.1) is 0 Å². The molecule has 0 bridgehead atoms. The van der Waals surface area contributed by atoms with E-state index in [4.69, 9.17) is 14.2 Å². The second kappa shape index (κ2) is 8.63. The van der Waals surface area contributed by atoms with Crippen molar-refractivity contribution in [3.8, 4) is 11.5 Å². The summed E-state index contributed by atoms with van der Waals surface area (Å²) in [4.78, 5) is 13.8. The molecule has 0 aromatic heterocycles. The van der Waals surface area contributed by atoms with Gasteiger partial charge in [0.05, 0.1) is 20.6 Å². The van der Waals surface area contributed by atoms with Gasteiger partial charge in [0.2, 0.25) is 0 Å². The molecule has 0 aliphatic carbocycles. The van der Waals surface area contributed by atoms with Crippen LogP contribution in [0.25, 0.3) is 0 Å². The smallest absolute Gasteiger partial charge is 0.309 e. The summed E-state index contributed by atoms with van der Waals surface area (Å²) >= 11 is 0. The van der Waals surface area contributed by atoms with E-state index in [0.717, 1.165) is 25.2 Å². The quantitative estimate of drug-likeness (QED) is 0.723. The predicted molar refractivity (Wildman–Crippen MR) is 84.5 cm³/mol. The zero-order chi connectivity index (χ0) is 15.8. The second-order valence-corrected chi connectivity index (χ2v) is 5.49. The number of rotatable bonds is 7. The first-order valence-electron chi connectivity index (χ1n) is 7.82. The van der Waals surface area contributed by atoms with E-state index in [1.807, 2.05) is 18.2 Å². The Morgan fingerprint density at radius 2 is 1.91 bits per heavy atom. The number of carbonyl (C=O) groups is 1. The van der Waals surface area contributed by atoms with Gasteiger partial charge in [0, 0.05) is 6.54 Å². The lowest BCUT2D eigenvalue weighted by Crippen LogP contribution is -2.33. The maximum absolute atomic E-state index is 11.4. The van der Waals surface area contributed by atoms with E-state index in [1.54, 1.807) is 7.11 Å². The standard InChI is InChI=1S/C17H25NO4/c1-20-15-7-6-14(13-17(19)21-2)12-16(15)22-11-10-18-8-4-3-5-9-18/h6-7,12H,3-5,8-11,13H2,1-2H3. The van der Waals surface area contributed by atoms with Gasteiger partial charge in [0.15, 0.2) is 11.5 Å². The van der Waals surface area contributed by atoms with Crippen molar-refractivity contribution in [2.45, 2.75) is 25.7 Å². The van der Waals surface area contributed by atoms with Crippen LogP contribution in [0.1, 0.15) is 24.8 Å². The van der Waals surface area contributed by atoms with Gasteiger partial charge in [-0.05, 0) is 43.6 Å². The molecule has 5 nitrogen and oxygen atoms in total. The molecule has 1 aromatic rings. The Bertz CT molecular complexity index is 484. The van der Waals surface area contributed by atoms with Crippen molar-refractivity contribution in [3.63, 3.8) is 0 Å². The Kier molecular flexibility index (Phi) is 6.52. The molecule has 22 heavy (non-hydrogen) atoms. The Balaban J connectivity index is 1.92. The van der Waals surface area contributed by atoms with Crippen LogP contribution in [-0.2, 0) is 16.0 Å². The van der Waals surface area contributed by atoms with E-state index in [9.17, 15) is 4.79 Å². The molecule has 1 fully saturated rings. The number of ether oxygens (including phenoxy) is 3. The van der Waals surface area contributed by atoms with Gasteiger partial charge < -0.3 is 14.2 Å². The second-order valence-electron chi connectivity index (χ2n) is 5.49. The topological polar surface area (TPSA) is 48.0 Å². The minimum atomic E-state index is -0.260. The zero-order valence-electron chi connectivity index (χ0n) is 13.5. The van der Waals surface area contributed by atoms with Crippen LogP contribution < -0.4 is 9.47 Å². The van der Waals surface area contributed by atoms with Gasteiger partial charge in [-0.2, -0.15) is 0 Å². The van der Waals surface area contributed by atoms with Gasteiger partial charge in [-0.3, -0.25) is 9.69 Å². The summed E-state index contributed by atoms with van der Waals surface area (Å²) in [5.41, 5.74) is 0.862. The molecule has 1 heterocycles. The molecule has 0 atom stereocenters. The Hall–Kier alpha value is -1.75. The highest BCUT2D eigenvalue weighted by molar-refractivity contribution is 5.72. The molecule has 1 aliphatic heterocycles. The van der Waals surface area contributed by atoms with Crippen LogP contribution in [0.2, 0.25) is 0 Å². The molecule has 0 saturated carbocycles. The lowest BCUT2D eigenvalue weighted by molar-refractivity contribution is -0.139. The van der Waals surface area contributed by atoms with E-state index in [2.05, 4.69) is 4.90 Å². The number of hydrogen-bond donors (Lipinski definition) is 0. The van der Waals surface area contributed by atoms with E-state index in [0.29, 0.717) is 18.1 Å². The molecule has 1 saturated heterocycles. The van der Waals surface area contributed by atoms with Gasteiger partial charge in [0.1, 0.15) is 6.61 Å². The summed E-state index contributed by atoms with van der Waals surface area (Å²) in [6, 6.07) is 5.54. The van der Waals surface area contributed by atoms with Crippen molar-refractivity contribution in [1.82, 2.24) is 4.90 Å². The van der Waals surface area contributed by atoms with Crippen LogP contribution in [0, 0.1) is 0 Å². The maximum Gasteiger partial charge on any atom is 0.309 e. The van der Waals surface area contributed by atoms with Crippen molar-refractivity contribution in [3.05, 3.63) is 23.8 Å². The first-order valence-corrected chi connectivity index (χ1v) is 7.82. The lowest BCUT2D eigenvalue weighted by Gasteiger charge is -2.26. The minimum absolute atomic E-state index is 0.239. The highest BCUT2D eigenvalue weighted by atomic mass is 16.5. The number of nitrogens with zero attached hydrogens (tertiary/aromatic N) is 1. The highest BCUT2D eigenvalue weighted by Crippen LogP contribution is 2.28. The number of hydrogen-bond acceptors (Lipinski definition) is 5. The summed E-state index contributed by atoms with van der Waals surface area (Å²) in [6.45, 7) is 3.86. The van der Waals surface area contributed by atoms with Crippen LogP contribution in [0.5, 0.6) is 11.5 Å². The molecule has 1 aromatic carbocycles. The Morgan fingerprint density at radius 1 is 1.14 bits per heavy atom. The molecule has 5 heteroatoms. The molecule has 1 aliphatic rings. The normalized spacial score (nSPS) is 15.4. The number of carbonyl (C=O) groups excluding carboxylic acids is 1. The van der Waals surface area contributed by atoms with Crippen LogP contribution in [-0.4, -0.2) is 51.3 Å². The number of methoxy groups -OCH3 is 2. The predicted octanol–water partition coefficient (Wildman–Crippen LogP) is 2.28. The fraction of sp³-hybridized carbons (Fsp3) is 0.588. The van der Waals surface area contributed by atoms with Crippen LogP contribution >= 0.6 is 0 Å². The van der Waals surface area contributed by atoms with Crippen LogP contribution in [0.3, 0.4) is 0 Å². The molecule has 0 unspecified atom stereocenters. The summed E-state index contributed by atoms with van der Waals surface area (Å²) in [5, 5.41) is 0. The molecule has 0 spiro atoms. The van der Waals surface area contributed by atoms with Crippen molar-refractivity contribution in [2.75, 3.05) is 40.5 Å². The number of piperidine rings is 1. The lowest BCUT2D eigenvalue weighted by atomic mass is 10.1. The van der Waals surface area contributed by atoms with E-state index in [1.165, 1.54) is 26.4 Å². The summed E-state index contributed by atoms with van der Waals surface area (Å²) in [6.07, 6.45) is 4.12. The van der Waals surface area contributed by atoms with Crippen molar-refractivity contribution >= 4 is 5.97 Å². The largest absolute Gasteiger partial charge is 0.493 e. The van der Waals surface area contributed by atoms with Crippen molar-refractivity contribution < 1.29 is 19.0 Å². The summed E-state index contributed by atoms with van der Waals surface area (Å²) in [5.74, 6) is 1.11. The molecule has 2 rings (SSSR count). The molecule has 0 radical (unpaired) electrons. The molecule has 122 valence electrons. The van der Waals surface area contributed by atoms with Crippen LogP contribution in [0.4, 0.5) is 0 Å². The Morgan fingerprint density at radius 3 is 2.59 bits per heavy atom. The van der Waals surface area contributed by atoms with Crippen molar-refractivity contribution in [1.29, 1.82) is 0 Å². The third kappa shape index (κ3) is 4.91. The highest BCUT2D eigenvalue weighted by Gasteiger charge is 2.12. The third-order valence-electron chi connectivity index (χ3n) is 3.92. The van der Waals surface area contributed by atoms with Gasteiger partial charge >= 0.3 is 5.97 Å². The van der Waals surface area contributed by atoms with E-state index in [-0.39, 0.29) is 12.4 Å². The molecule has 0 N–H and O–H groups in total.